The summed E-state index contributed by atoms with van der Waals surface area (Å²) in [7, 11) is 0. The summed E-state index contributed by atoms with van der Waals surface area (Å²) in [5.74, 6) is 0.614. The number of hydrogen-bond acceptors (Lipinski definition) is 3. The first kappa shape index (κ1) is 14.7. The van der Waals surface area contributed by atoms with Gasteiger partial charge in [0.25, 0.3) is 0 Å². The van der Waals surface area contributed by atoms with Gasteiger partial charge in [0.2, 0.25) is 0 Å². The number of nitrogens with one attached hydrogen (secondary N) is 1. The third-order valence-electron chi connectivity index (χ3n) is 3.20. The molecule has 100 valence electrons. The molecule has 1 saturated heterocycles. The smallest absolute Gasteiger partial charge is 0.0612 e. The van der Waals surface area contributed by atoms with Gasteiger partial charge in [0.05, 0.1) is 19.3 Å². The highest BCUT2D eigenvalue weighted by Crippen LogP contribution is 2.19. The Hall–Kier alpha value is -0.380. The molecule has 1 aliphatic rings. The zero-order valence-corrected chi connectivity index (χ0v) is 11.3. The lowest BCUT2D eigenvalue weighted by molar-refractivity contribution is -0.0251. The Bertz CT molecular complexity index is 206. The minimum absolute atomic E-state index is 0.419. The Morgan fingerprint density at radius 1 is 1.47 bits per heavy atom. The Kier molecular flexibility index (Phi) is 7.49. The first-order valence-corrected chi connectivity index (χ1v) is 6.77. The Morgan fingerprint density at radius 3 is 3.00 bits per heavy atom. The fourth-order valence-electron chi connectivity index (χ4n) is 2.08. The van der Waals surface area contributed by atoms with Crippen LogP contribution >= 0.6 is 0 Å². The van der Waals surface area contributed by atoms with E-state index in [9.17, 15) is 0 Å². The molecule has 0 aromatic heterocycles. The maximum atomic E-state index is 5.75. The molecule has 1 fully saturated rings. The lowest BCUT2D eigenvalue weighted by Gasteiger charge is -2.32. The van der Waals surface area contributed by atoms with E-state index in [1.54, 1.807) is 0 Å². The van der Waals surface area contributed by atoms with E-state index in [2.05, 4.69) is 25.7 Å². The maximum Gasteiger partial charge on any atom is 0.0612 e. The van der Waals surface area contributed by atoms with Crippen LogP contribution in [0.5, 0.6) is 0 Å². The van der Waals surface area contributed by atoms with E-state index in [-0.39, 0.29) is 0 Å². The van der Waals surface area contributed by atoms with Gasteiger partial charge in [0, 0.05) is 19.2 Å². The maximum absolute atomic E-state index is 5.75. The van der Waals surface area contributed by atoms with Crippen molar-refractivity contribution in [3.05, 3.63) is 12.7 Å². The molecule has 0 aromatic carbocycles. The fraction of sp³-hybridized carbons (Fsp3) is 0.857. The van der Waals surface area contributed by atoms with Crippen molar-refractivity contribution in [2.75, 3.05) is 26.4 Å². The second-order valence-corrected chi connectivity index (χ2v) is 5.02. The molecule has 1 rings (SSSR count). The second kappa shape index (κ2) is 8.67. The third kappa shape index (κ3) is 6.20. The van der Waals surface area contributed by atoms with Crippen LogP contribution < -0.4 is 5.32 Å². The van der Waals surface area contributed by atoms with Crippen LogP contribution in [-0.4, -0.2) is 38.5 Å². The minimum atomic E-state index is 0.419. The molecule has 1 aliphatic heterocycles. The normalized spacial score (nSPS) is 25.1. The van der Waals surface area contributed by atoms with Crippen LogP contribution in [0.4, 0.5) is 0 Å². The lowest BCUT2D eigenvalue weighted by atomic mass is 9.95. The topological polar surface area (TPSA) is 30.5 Å². The molecular formula is C14H27NO2. The van der Waals surface area contributed by atoms with Gasteiger partial charge in [-0.05, 0) is 25.2 Å². The van der Waals surface area contributed by atoms with Crippen LogP contribution in [-0.2, 0) is 9.47 Å². The average molecular weight is 241 g/mol. The molecule has 3 heteroatoms. The SMILES string of the molecule is C=CCCOCCNC1CCOC(C(C)C)C1. The first-order chi connectivity index (χ1) is 8.24. The summed E-state index contributed by atoms with van der Waals surface area (Å²) in [6.45, 7) is 11.5. The van der Waals surface area contributed by atoms with Gasteiger partial charge in [-0.3, -0.25) is 0 Å². The molecular weight excluding hydrogens is 214 g/mol. The molecule has 3 nitrogen and oxygen atoms in total. The van der Waals surface area contributed by atoms with Gasteiger partial charge < -0.3 is 14.8 Å². The van der Waals surface area contributed by atoms with E-state index in [0.29, 0.717) is 18.1 Å². The van der Waals surface area contributed by atoms with Gasteiger partial charge in [-0.15, -0.1) is 6.58 Å². The van der Waals surface area contributed by atoms with Gasteiger partial charge in [-0.25, -0.2) is 0 Å². The van der Waals surface area contributed by atoms with Crippen molar-refractivity contribution in [3.8, 4) is 0 Å². The fourth-order valence-corrected chi connectivity index (χ4v) is 2.08. The monoisotopic (exact) mass is 241 g/mol. The molecule has 0 saturated carbocycles. The van der Waals surface area contributed by atoms with Crippen molar-refractivity contribution < 1.29 is 9.47 Å². The second-order valence-electron chi connectivity index (χ2n) is 5.02. The molecule has 1 heterocycles. The summed E-state index contributed by atoms with van der Waals surface area (Å²) >= 11 is 0. The number of hydrogen-bond donors (Lipinski definition) is 1. The molecule has 0 spiro atoms. The predicted octanol–water partition coefficient (Wildman–Crippen LogP) is 2.37. The largest absolute Gasteiger partial charge is 0.380 e. The molecule has 1 N–H and O–H groups in total. The summed E-state index contributed by atoms with van der Waals surface area (Å²) in [5, 5.41) is 3.55. The van der Waals surface area contributed by atoms with Gasteiger partial charge >= 0.3 is 0 Å². The van der Waals surface area contributed by atoms with E-state index < -0.39 is 0 Å². The highest BCUT2D eigenvalue weighted by Gasteiger charge is 2.24. The molecule has 0 amide bonds. The van der Waals surface area contributed by atoms with E-state index in [1.807, 2.05) is 6.08 Å². The summed E-state index contributed by atoms with van der Waals surface area (Å²) in [6, 6.07) is 0.596. The molecule has 0 aromatic rings. The highest BCUT2D eigenvalue weighted by molar-refractivity contribution is 4.78. The quantitative estimate of drug-likeness (QED) is 0.523. The van der Waals surface area contributed by atoms with E-state index in [0.717, 1.165) is 45.6 Å². The summed E-state index contributed by atoms with van der Waals surface area (Å²) in [6.07, 6.45) is 5.49. The Balaban J connectivity index is 2.04. The predicted molar refractivity (Wildman–Crippen MR) is 71.2 cm³/mol. The van der Waals surface area contributed by atoms with E-state index in [4.69, 9.17) is 9.47 Å². The summed E-state index contributed by atoms with van der Waals surface area (Å²) in [5.41, 5.74) is 0. The summed E-state index contributed by atoms with van der Waals surface area (Å²) < 4.78 is 11.2. The molecule has 17 heavy (non-hydrogen) atoms. The van der Waals surface area contributed by atoms with Gasteiger partial charge in [-0.1, -0.05) is 19.9 Å². The van der Waals surface area contributed by atoms with Crippen LogP contribution in [0.1, 0.15) is 33.1 Å². The number of ether oxygens (including phenoxy) is 2. The van der Waals surface area contributed by atoms with Gasteiger partial charge in [-0.2, -0.15) is 0 Å². The highest BCUT2D eigenvalue weighted by atomic mass is 16.5. The number of rotatable bonds is 8. The van der Waals surface area contributed by atoms with Crippen molar-refractivity contribution in [1.82, 2.24) is 5.32 Å². The molecule has 0 radical (unpaired) electrons. The molecule has 0 aliphatic carbocycles. The van der Waals surface area contributed by atoms with E-state index in [1.165, 1.54) is 0 Å². The van der Waals surface area contributed by atoms with Crippen LogP contribution in [0, 0.1) is 5.92 Å². The van der Waals surface area contributed by atoms with Crippen molar-refractivity contribution >= 4 is 0 Å². The van der Waals surface area contributed by atoms with Crippen molar-refractivity contribution in [1.29, 1.82) is 0 Å². The zero-order chi connectivity index (χ0) is 12.5. The van der Waals surface area contributed by atoms with Gasteiger partial charge in [0.15, 0.2) is 0 Å². The minimum Gasteiger partial charge on any atom is -0.380 e. The van der Waals surface area contributed by atoms with Crippen LogP contribution in [0.2, 0.25) is 0 Å². The van der Waals surface area contributed by atoms with Crippen molar-refractivity contribution in [3.63, 3.8) is 0 Å². The average Bonchev–Trinajstić information content (AvgIpc) is 2.34. The van der Waals surface area contributed by atoms with E-state index >= 15 is 0 Å². The van der Waals surface area contributed by atoms with Crippen molar-refractivity contribution in [2.24, 2.45) is 5.92 Å². The van der Waals surface area contributed by atoms with Crippen LogP contribution in [0.15, 0.2) is 12.7 Å². The molecule has 0 bridgehead atoms. The first-order valence-electron chi connectivity index (χ1n) is 6.77. The van der Waals surface area contributed by atoms with Crippen LogP contribution in [0.25, 0.3) is 0 Å². The summed E-state index contributed by atoms with van der Waals surface area (Å²) in [4.78, 5) is 0. The Labute approximate surface area is 106 Å². The molecule has 2 atom stereocenters. The zero-order valence-electron chi connectivity index (χ0n) is 11.3. The van der Waals surface area contributed by atoms with Crippen LogP contribution in [0.3, 0.4) is 0 Å². The lowest BCUT2D eigenvalue weighted by Crippen LogP contribution is -2.41. The molecule has 2 unspecified atom stereocenters. The Morgan fingerprint density at radius 2 is 2.29 bits per heavy atom. The standard InChI is InChI=1S/C14H27NO2/c1-4-5-8-16-10-7-15-13-6-9-17-14(11-13)12(2)3/h4,12-15H,1,5-11H2,2-3H3. The third-order valence-corrected chi connectivity index (χ3v) is 3.20. The van der Waals surface area contributed by atoms with Crippen molar-refractivity contribution in [2.45, 2.75) is 45.3 Å². The van der Waals surface area contributed by atoms with Gasteiger partial charge in [0.1, 0.15) is 0 Å².